The summed E-state index contributed by atoms with van der Waals surface area (Å²) in [5.74, 6) is 0.852. The fraction of sp³-hybridized carbons (Fsp3) is 0.533. The third-order valence-corrected chi connectivity index (χ3v) is 3.35. The summed E-state index contributed by atoms with van der Waals surface area (Å²) >= 11 is 0. The summed E-state index contributed by atoms with van der Waals surface area (Å²) in [6.45, 7) is 3.64. The largest absolute Gasteiger partial charge is 0.484 e. The van der Waals surface area contributed by atoms with Gasteiger partial charge in [-0.25, -0.2) is 0 Å². The number of carbonyl (C=O) groups is 1. The molecule has 0 unspecified atom stereocenters. The van der Waals surface area contributed by atoms with Crippen LogP contribution in [0.15, 0.2) is 24.3 Å². The molecule has 1 aromatic rings. The van der Waals surface area contributed by atoms with Crippen molar-refractivity contribution in [3.05, 3.63) is 29.8 Å². The number of hydrogen-bond acceptors (Lipinski definition) is 4. The van der Waals surface area contributed by atoms with Gasteiger partial charge in [0.2, 0.25) is 0 Å². The van der Waals surface area contributed by atoms with Crippen LogP contribution in [-0.4, -0.2) is 44.2 Å². The quantitative estimate of drug-likeness (QED) is 0.808. The molecular weight excluding hydrogens is 256 g/mol. The van der Waals surface area contributed by atoms with Crippen LogP contribution >= 0.6 is 0 Å². The highest BCUT2D eigenvalue weighted by molar-refractivity contribution is 5.75. The zero-order valence-electron chi connectivity index (χ0n) is 11.9. The SMILES string of the molecule is CN(Cc1ccc(OCC(N)=O)cc1)C[C@@H]1CCOC1. The molecule has 1 aliphatic heterocycles. The molecule has 1 heterocycles. The first-order valence-corrected chi connectivity index (χ1v) is 6.90. The highest BCUT2D eigenvalue weighted by Crippen LogP contribution is 2.16. The molecule has 1 aromatic carbocycles. The van der Waals surface area contributed by atoms with Crippen molar-refractivity contribution >= 4 is 5.91 Å². The fourth-order valence-electron chi connectivity index (χ4n) is 2.39. The molecule has 20 heavy (non-hydrogen) atoms. The Morgan fingerprint density at radius 2 is 2.20 bits per heavy atom. The minimum absolute atomic E-state index is 0.0824. The molecule has 0 aliphatic carbocycles. The summed E-state index contributed by atoms with van der Waals surface area (Å²) in [5, 5.41) is 0. The van der Waals surface area contributed by atoms with Crippen LogP contribution in [-0.2, 0) is 16.1 Å². The minimum atomic E-state index is -0.465. The number of ether oxygens (including phenoxy) is 2. The fourth-order valence-corrected chi connectivity index (χ4v) is 2.39. The molecule has 0 bridgehead atoms. The van der Waals surface area contributed by atoms with Crippen molar-refractivity contribution in [1.82, 2.24) is 4.90 Å². The number of primary amides is 1. The number of hydrogen-bond donors (Lipinski definition) is 1. The Labute approximate surface area is 119 Å². The number of nitrogens with two attached hydrogens (primary N) is 1. The number of carbonyl (C=O) groups excluding carboxylic acids is 1. The van der Waals surface area contributed by atoms with Crippen molar-refractivity contribution in [2.45, 2.75) is 13.0 Å². The summed E-state index contributed by atoms with van der Waals surface area (Å²) in [4.78, 5) is 12.9. The van der Waals surface area contributed by atoms with E-state index in [0.717, 1.165) is 32.7 Å². The Bertz CT molecular complexity index is 427. The van der Waals surface area contributed by atoms with Crippen LogP contribution in [0.5, 0.6) is 5.75 Å². The third kappa shape index (κ3) is 4.83. The van der Waals surface area contributed by atoms with E-state index < -0.39 is 5.91 Å². The van der Waals surface area contributed by atoms with E-state index in [1.54, 1.807) is 0 Å². The van der Waals surface area contributed by atoms with Gasteiger partial charge in [-0.1, -0.05) is 12.1 Å². The molecule has 0 aromatic heterocycles. The van der Waals surface area contributed by atoms with Crippen molar-refractivity contribution in [1.29, 1.82) is 0 Å². The van der Waals surface area contributed by atoms with Crippen molar-refractivity contribution in [3.63, 3.8) is 0 Å². The molecular formula is C15H22N2O3. The Morgan fingerprint density at radius 1 is 1.45 bits per heavy atom. The smallest absolute Gasteiger partial charge is 0.255 e. The molecule has 0 radical (unpaired) electrons. The molecule has 2 N–H and O–H groups in total. The van der Waals surface area contributed by atoms with E-state index in [-0.39, 0.29) is 6.61 Å². The number of amides is 1. The van der Waals surface area contributed by atoms with Crippen LogP contribution in [0.3, 0.4) is 0 Å². The van der Waals surface area contributed by atoms with Crippen LogP contribution < -0.4 is 10.5 Å². The maximum Gasteiger partial charge on any atom is 0.255 e. The minimum Gasteiger partial charge on any atom is -0.484 e. The van der Waals surface area contributed by atoms with Crippen LogP contribution in [0.25, 0.3) is 0 Å². The van der Waals surface area contributed by atoms with Gasteiger partial charge in [-0.15, -0.1) is 0 Å². The Kier molecular flexibility index (Phi) is 5.38. The summed E-state index contributed by atoms with van der Waals surface area (Å²) < 4.78 is 10.6. The molecule has 1 atom stereocenters. The van der Waals surface area contributed by atoms with E-state index in [2.05, 4.69) is 11.9 Å². The first-order valence-electron chi connectivity index (χ1n) is 6.90. The predicted octanol–water partition coefficient (Wildman–Crippen LogP) is 1.02. The monoisotopic (exact) mass is 278 g/mol. The van der Waals surface area contributed by atoms with Crippen LogP contribution in [0.2, 0.25) is 0 Å². The maximum absolute atomic E-state index is 10.6. The molecule has 5 heteroatoms. The maximum atomic E-state index is 10.6. The van der Waals surface area contributed by atoms with Gasteiger partial charge < -0.3 is 20.1 Å². The lowest BCUT2D eigenvalue weighted by Crippen LogP contribution is -2.25. The third-order valence-electron chi connectivity index (χ3n) is 3.35. The van der Waals surface area contributed by atoms with Crippen molar-refractivity contribution in [3.8, 4) is 5.75 Å². The van der Waals surface area contributed by atoms with Crippen LogP contribution in [0.4, 0.5) is 0 Å². The van der Waals surface area contributed by atoms with Gasteiger partial charge in [0, 0.05) is 19.7 Å². The highest BCUT2D eigenvalue weighted by atomic mass is 16.5. The molecule has 0 saturated carbocycles. The van der Waals surface area contributed by atoms with Gasteiger partial charge >= 0.3 is 0 Å². The van der Waals surface area contributed by atoms with Crippen molar-refractivity contribution < 1.29 is 14.3 Å². The number of benzene rings is 1. The van der Waals surface area contributed by atoms with Gasteiger partial charge in [-0.2, -0.15) is 0 Å². The van der Waals surface area contributed by atoms with Gasteiger partial charge in [0.25, 0.3) is 5.91 Å². The standard InChI is InChI=1S/C15H22N2O3/c1-17(9-13-6-7-19-10-13)8-12-2-4-14(5-3-12)20-11-15(16)18/h2-5,13H,6-11H2,1H3,(H2,16,18)/t13-/m0/s1. The molecule has 1 fully saturated rings. The van der Waals surface area contributed by atoms with Gasteiger partial charge in [0.15, 0.2) is 6.61 Å². The predicted molar refractivity (Wildman–Crippen MR) is 76.4 cm³/mol. The first-order chi connectivity index (χ1) is 9.63. The molecule has 1 amide bonds. The highest BCUT2D eigenvalue weighted by Gasteiger charge is 2.17. The van der Waals surface area contributed by atoms with Gasteiger partial charge in [0.1, 0.15) is 5.75 Å². The lowest BCUT2D eigenvalue weighted by molar-refractivity contribution is -0.119. The van der Waals surface area contributed by atoms with E-state index in [1.165, 1.54) is 5.56 Å². The molecule has 2 rings (SSSR count). The lowest BCUT2D eigenvalue weighted by Gasteiger charge is -2.20. The van der Waals surface area contributed by atoms with Crippen LogP contribution in [0.1, 0.15) is 12.0 Å². The second kappa shape index (κ2) is 7.26. The molecule has 1 aliphatic rings. The topological polar surface area (TPSA) is 64.8 Å². The van der Waals surface area contributed by atoms with Crippen molar-refractivity contribution in [2.24, 2.45) is 11.7 Å². The zero-order valence-corrected chi connectivity index (χ0v) is 11.9. The summed E-state index contributed by atoms with van der Waals surface area (Å²) in [5.41, 5.74) is 6.25. The Balaban J connectivity index is 1.78. The second-order valence-electron chi connectivity index (χ2n) is 5.33. The van der Waals surface area contributed by atoms with E-state index >= 15 is 0 Å². The average Bonchev–Trinajstić information content (AvgIpc) is 2.90. The van der Waals surface area contributed by atoms with E-state index in [9.17, 15) is 4.79 Å². The van der Waals surface area contributed by atoms with Gasteiger partial charge in [-0.3, -0.25) is 4.79 Å². The Morgan fingerprint density at radius 3 is 2.80 bits per heavy atom. The van der Waals surface area contributed by atoms with Gasteiger partial charge in [-0.05, 0) is 37.1 Å². The normalized spacial score (nSPS) is 18.4. The second-order valence-corrected chi connectivity index (χ2v) is 5.33. The molecule has 110 valence electrons. The first kappa shape index (κ1) is 14.8. The summed E-state index contributed by atoms with van der Waals surface area (Å²) in [6.07, 6.45) is 1.16. The molecule has 0 spiro atoms. The Hall–Kier alpha value is -1.59. The average molecular weight is 278 g/mol. The van der Waals surface area contributed by atoms with Crippen LogP contribution in [0, 0.1) is 5.92 Å². The molecule has 5 nitrogen and oxygen atoms in total. The number of nitrogens with zero attached hydrogens (tertiary/aromatic N) is 1. The van der Waals surface area contributed by atoms with E-state index in [4.69, 9.17) is 15.2 Å². The summed E-state index contributed by atoms with van der Waals surface area (Å²) in [7, 11) is 2.12. The number of rotatable bonds is 7. The van der Waals surface area contributed by atoms with Crippen molar-refractivity contribution in [2.75, 3.05) is 33.4 Å². The molecule has 1 saturated heterocycles. The lowest BCUT2D eigenvalue weighted by atomic mass is 10.1. The zero-order chi connectivity index (χ0) is 14.4. The summed E-state index contributed by atoms with van der Waals surface area (Å²) in [6, 6.07) is 7.76. The van der Waals surface area contributed by atoms with Gasteiger partial charge in [0.05, 0.1) is 6.61 Å². The van der Waals surface area contributed by atoms with E-state index in [0.29, 0.717) is 11.7 Å². The van der Waals surface area contributed by atoms with E-state index in [1.807, 2.05) is 24.3 Å².